The number of aryl methyl sites for hydroxylation is 1. The second-order valence-corrected chi connectivity index (χ2v) is 5.08. The number of hydrogen-bond acceptors (Lipinski definition) is 1. The smallest absolute Gasteiger partial charge is 0.0483 e. The average Bonchev–Trinajstić information content (AvgIpc) is 2.19. The number of benzene rings is 1. The summed E-state index contributed by atoms with van der Waals surface area (Å²) in [5.74, 6) is 0.777. The molecule has 1 nitrogen and oxygen atoms in total. The minimum Gasteiger partial charge on any atom is -0.310 e. The van der Waals surface area contributed by atoms with Crippen molar-refractivity contribution in [2.45, 2.75) is 39.2 Å². The van der Waals surface area contributed by atoms with Gasteiger partial charge in [-0.2, -0.15) is 0 Å². The van der Waals surface area contributed by atoms with Crippen LogP contribution in [-0.4, -0.2) is 6.54 Å². The van der Waals surface area contributed by atoms with Crippen LogP contribution in [0.15, 0.2) is 18.2 Å². The van der Waals surface area contributed by atoms with Crippen LogP contribution in [0.1, 0.15) is 43.4 Å². The number of hydrogen-bond donors (Lipinski definition) is 1. The standard InChI is InChI=1S/C14H20ClN/c1-3-16-14(11-7-5-8-11)12-9-4-6-10(2)13(12)15/h4,6,9,11,14,16H,3,5,7-8H2,1-2H3. The first kappa shape index (κ1) is 11.9. The first-order valence-electron chi connectivity index (χ1n) is 6.22. The maximum atomic E-state index is 6.41. The fourth-order valence-electron chi connectivity index (χ4n) is 2.43. The van der Waals surface area contributed by atoms with E-state index in [-0.39, 0.29) is 0 Å². The summed E-state index contributed by atoms with van der Waals surface area (Å²) in [6, 6.07) is 6.81. The summed E-state index contributed by atoms with van der Waals surface area (Å²) in [4.78, 5) is 0. The maximum Gasteiger partial charge on any atom is 0.0483 e. The van der Waals surface area contributed by atoms with Crippen molar-refractivity contribution < 1.29 is 0 Å². The van der Waals surface area contributed by atoms with Gasteiger partial charge in [-0.05, 0) is 43.4 Å². The number of nitrogens with one attached hydrogen (secondary N) is 1. The molecule has 1 saturated carbocycles. The molecule has 1 aliphatic carbocycles. The zero-order chi connectivity index (χ0) is 11.5. The molecule has 88 valence electrons. The molecule has 1 aromatic rings. The Morgan fingerprint density at radius 2 is 2.19 bits per heavy atom. The highest BCUT2D eigenvalue weighted by Gasteiger charge is 2.29. The highest BCUT2D eigenvalue weighted by atomic mass is 35.5. The van der Waals surface area contributed by atoms with Crippen molar-refractivity contribution in [3.8, 4) is 0 Å². The Morgan fingerprint density at radius 3 is 2.75 bits per heavy atom. The van der Waals surface area contributed by atoms with Gasteiger partial charge in [-0.3, -0.25) is 0 Å². The lowest BCUT2D eigenvalue weighted by molar-refractivity contribution is 0.233. The molecule has 0 aromatic heterocycles. The molecule has 1 fully saturated rings. The van der Waals surface area contributed by atoms with Crippen molar-refractivity contribution in [2.75, 3.05) is 6.54 Å². The molecule has 2 heteroatoms. The SMILES string of the molecule is CCNC(c1cccc(C)c1Cl)C1CCC1. The Bertz CT molecular complexity index is 358. The van der Waals surface area contributed by atoms with E-state index >= 15 is 0 Å². The van der Waals surface area contributed by atoms with Crippen LogP contribution in [0.25, 0.3) is 0 Å². The lowest BCUT2D eigenvalue weighted by Crippen LogP contribution is -2.32. The van der Waals surface area contributed by atoms with E-state index in [9.17, 15) is 0 Å². The molecular formula is C14H20ClN. The molecule has 1 unspecified atom stereocenters. The summed E-state index contributed by atoms with van der Waals surface area (Å²) in [5, 5.41) is 4.53. The molecule has 0 saturated heterocycles. The molecule has 0 aliphatic heterocycles. The van der Waals surface area contributed by atoms with E-state index in [1.54, 1.807) is 0 Å². The third-order valence-corrected chi connectivity index (χ3v) is 4.12. The van der Waals surface area contributed by atoms with E-state index in [2.05, 4.69) is 37.4 Å². The predicted molar refractivity (Wildman–Crippen MR) is 69.9 cm³/mol. The molecule has 1 N–H and O–H groups in total. The maximum absolute atomic E-state index is 6.41. The van der Waals surface area contributed by atoms with E-state index in [0.29, 0.717) is 6.04 Å². The number of rotatable bonds is 4. The molecule has 16 heavy (non-hydrogen) atoms. The van der Waals surface area contributed by atoms with Gasteiger partial charge >= 0.3 is 0 Å². The summed E-state index contributed by atoms with van der Waals surface area (Å²) in [6.45, 7) is 5.25. The molecule has 1 aliphatic rings. The fraction of sp³-hybridized carbons (Fsp3) is 0.571. The molecule has 0 bridgehead atoms. The lowest BCUT2D eigenvalue weighted by Gasteiger charge is -2.35. The van der Waals surface area contributed by atoms with Crippen LogP contribution in [-0.2, 0) is 0 Å². The second kappa shape index (κ2) is 5.20. The molecule has 2 rings (SSSR count). The van der Waals surface area contributed by atoms with Crippen LogP contribution in [0.3, 0.4) is 0 Å². The van der Waals surface area contributed by atoms with Crippen molar-refractivity contribution in [1.82, 2.24) is 5.32 Å². The summed E-state index contributed by atoms with van der Waals surface area (Å²) in [7, 11) is 0. The largest absolute Gasteiger partial charge is 0.310 e. The summed E-state index contributed by atoms with van der Waals surface area (Å²) >= 11 is 6.41. The molecule has 0 amide bonds. The summed E-state index contributed by atoms with van der Waals surface area (Å²) < 4.78 is 0. The average molecular weight is 238 g/mol. The van der Waals surface area contributed by atoms with Gasteiger partial charge in [0.1, 0.15) is 0 Å². The van der Waals surface area contributed by atoms with E-state index in [1.807, 2.05) is 0 Å². The molecule has 0 radical (unpaired) electrons. The predicted octanol–water partition coefficient (Wildman–Crippen LogP) is 4.10. The molecule has 0 spiro atoms. The van der Waals surface area contributed by atoms with Gasteiger partial charge in [-0.1, -0.05) is 43.1 Å². The Morgan fingerprint density at radius 1 is 1.44 bits per heavy atom. The van der Waals surface area contributed by atoms with Crippen molar-refractivity contribution in [2.24, 2.45) is 5.92 Å². The van der Waals surface area contributed by atoms with Gasteiger partial charge in [0, 0.05) is 11.1 Å². The van der Waals surface area contributed by atoms with Crippen molar-refractivity contribution in [1.29, 1.82) is 0 Å². The monoisotopic (exact) mass is 237 g/mol. The van der Waals surface area contributed by atoms with Gasteiger partial charge in [0.25, 0.3) is 0 Å². The van der Waals surface area contributed by atoms with E-state index in [0.717, 1.165) is 17.5 Å². The summed E-state index contributed by atoms with van der Waals surface area (Å²) in [6.07, 6.45) is 4.04. The van der Waals surface area contributed by atoms with Crippen LogP contribution in [0.5, 0.6) is 0 Å². The third kappa shape index (κ3) is 2.26. The van der Waals surface area contributed by atoms with E-state index in [1.165, 1.54) is 30.4 Å². The van der Waals surface area contributed by atoms with Crippen LogP contribution in [0.2, 0.25) is 5.02 Å². The highest BCUT2D eigenvalue weighted by Crippen LogP contribution is 2.40. The normalized spacial score (nSPS) is 18.2. The minimum atomic E-state index is 0.450. The lowest BCUT2D eigenvalue weighted by atomic mass is 9.77. The van der Waals surface area contributed by atoms with Crippen molar-refractivity contribution >= 4 is 11.6 Å². The quantitative estimate of drug-likeness (QED) is 0.832. The molecule has 1 atom stereocenters. The Labute approximate surface area is 103 Å². The van der Waals surface area contributed by atoms with E-state index in [4.69, 9.17) is 11.6 Å². The van der Waals surface area contributed by atoms with Crippen molar-refractivity contribution in [3.05, 3.63) is 34.3 Å². The first-order valence-corrected chi connectivity index (χ1v) is 6.60. The molecule has 1 aromatic carbocycles. The van der Waals surface area contributed by atoms with Crippen LogP contribution in [0.4, 0.5) is 0 Å². The topological polar surface area (TPSA) is 12.0 Å². The summed E-state index contributed by atoms with van der Waals surface area (Å²) in [5.41, 5.74) is 2.47. The van der Waals surface area contributed by atoms with Gasteiger partial charge in [0.2, 0.25) is 0 Å². The molecular weight excluding hydrogens is 218 g/mol. The Kier molecular flexibility index (Phi) is 3.88. The second-order valence-electron chi connectivity index (χ2n) is 4.70. The van der Waals surface area contributed by atoms with Crippen LogP contribution < -0.4 is 5.32 Å². The minimum absolute atomic E-state index is 0.450. The van der Waals surface area contributed by atoms with Gasteiger partial charge in [-0.25, -0.2) is 0 Å². The number of halogens is 1. The highest BCUT2D eigenvalue weighted by molar-refractivity contribution is 6.32. The first-order chi connectivity index (χ1) is 7.74. The van der Waals surface area contributed by atoms with Gasteiger partial charge < -0.3 is 5.32 Å². The molecule has 0 heterocycles. The van der Waals surface area contributed by atoms with Crippen LogP contribution >= 0.6 is 11.6 Å². The van der Waals surface area contributed by atoms with Gasteiger partial charge in [0.05, 0.1) is 0 Å². The fourth-order valence-corrected chi connectivity index (χ4v) is 2.68. The Balaban J connectivity index is 2.26. The zero-order valence-electron chi connectivity index (χ0n) is 10.1. The van der Waals surface area contributed by atoms with Crippen molar-refractivity contribution in [3.63, 3.8) is 0 Å². The van der Waals surface area contributed by atoms with Gasteiger partial charge in [0.15, 0.2) is 0 Å². The Hall–Kier alpha value is -0.530. The zero-order valence-corrected chi connectivity index (χ0v) is 10.8. The van der Waals surface area contributed by atoms with Crippen LogP contribution in [0, 0.1) is 12.8 Å². The van der Waals surface area contributed by atoms with Gasteiger partial charge in [-0.15, -0.1) is 0 Å². The third-order valence-electron chi connectivity index (χ3n) is 3.60. The van der Waals surface area contributed by atoms with E-state index < -0.39 is 0 Å².